The van der Waals surface area contributed by atoms with E-state index in [1.807, 2.05) is 44.2 Å². The lowest BCUT2D eigenvalue weighted by Gasteiger charge is -2.30. The largest absolute Gasteiger partial charge is 0.467 e. The molecule has 0 radical (unpaired) electrons. The zero-order valence-electron chi connectivity index (χ0n) is 16.5. The molecule has 2 fully saturated rings. The van der Waals surface area contributed by atoms with Crippen molar-refractivity contribution in [3.8, 4) is 0 Å². The number of carbonyl (C=O) groups is 1. The van der Waals surface area contributed by atoms with Gasteiger partial charge in [0.05, 0.1) is 20.3 Å². The van der Waals surface area contributed by atoms with Crippen LogP contribution in [-0.2, 0) is 39.8 Å². The van der Waals surface area contributed by atoms with Gasteiger partial charge < -0.3 is 28.4 Å². The molecule has 150 valence electrons. The molecule has 3 rings (SSSR count). The van der Waals surface area contributed by atoms with E-state index in [9.17, 15) is 4.79 Å². The Labute approximate surface area is 159 Å². The smallest absolute Gasteiger partial charge is 0.337 e. The first-order valence-corrected chi connectivity index (χ1v) is 9.11. The molecular formula is C20H28O7. The van der Waals surface area contributed by atoms with Crippen molar-refractivity contribution >= 4 is 5.97 Å². The Morgan fingerprint density at radius 3 is 2.41 bits per heavy atom. The molecule has 7 nitrogen and oxygen atoms in total. The molecule has 4 atom stereocenters. The number of hydrogen-bond donors (Lipinski definition) is 0. The van der Waals surface area contributed by atoms with E-state index in [1.165, 1.54) is 7.11 Å². The highest BCUT2D eigenvalue weighted by Gasteiger charge is 2.53. The van der Waals surface area contributed by atoms with Crippen molar-refractivity contribution in [2.45, 2.75) is 70.3 Å². The predicted octanol–water partition coefficient (Wildman–Crippen LogP) is 2.42. The van der Waals surface area contributed by atoms with Crippen LogP contribution < -0.4 is 0 Å². The van der Waals surface area contributed by atoms with Crippen LogP contribution in [0.2, 0.25) is 0 Å². The van der Waals surface area contributed by atoms with E-state index < -0.39 is 42.0 Å². The van der Waals surface area contributed by atoms with Crippen molar-refractivity contribution in [1.82, 2.24) is 0 Å². The van der Waals surface area contributed by atoms with E-state index in [0.29, 0.717) is 13.2 Å². The van der Waals surface area contributed by atoms with Gasteiger partial charge >= 0.3 is 5.97 Å². The number of rotatable bonds is 6. The maximum atomic E-state index is 12.3. The molecule has 7 heteroatoms. The summed E-state index contributed by atoms with van der Waals surface area (Å²) in [5, 5.41) is 0. The van der Waals surface area contributed by atoms with Crippen molar-refractivity contribution in [3.05, 3.63) is 35.9 Å². The molecule has 0 amide bonds. The van der Waals surface area contributed by atoms with Crippen LogP contribution in [0.5, 0.6) is 0 Å². The number of ether oxygens (including phenoxy) is 6. The Morgan fingerprint density at radius 1 is 1.11 bits per heavy atom. The SMILES string of the molecule is COC(=O)[C@H]1OC(C)(C)O[C@@H]1[C@@H](OCc1ccccc1)[C@@H]1COC(C)(C)O1. The summed E-state index contributed by atoms with van der Waals surface area (Å²) < 4.78 is 34.6. The van der Waals surface area contributed by atoms with E-state index in [1.54, 1.807) is 13.8 Å². The van der Waals surface area contributed by atoms with E-state index >= 15 is 0 Å². The molecule has 2 heterocycles. The fourth-order valence-electron chi connectivity index (χ4n) is 3.39. The zero-order valence-corrected chi connectivity index (χ0v) is 16.5. The van der Waals surface area contributed by atoms with Gasteiger partial charge in [-0.3, -0.25) is 0 Å². The second-order valence-corrected chi connectivity index (χ2v) is 7.67. The van der Waals surface area contributed by atoms with Crippen LogP contribution in [0, 0.1) is 0 Å². The van der Waals surface area contributed by atoms with Crippen molar-refractivity contribution in [1.29, 1.82) is 0 Å². The number of hydrogen-bond acceptors (Lipinski definition) is 7. The minimum atomic E-state index is -0.938. The van der Waals surface area contributed by atoms with Crippen LogP contribution in [0.25, 0.3) is 0 Å². The molecule has 2 aliphatic rings. The minimum Gasteiger partial charge on any atom is -0.467 e. The molecule has 1 aromatic carbocycles. The van der Waals surface area contributed by atoms with Crippen molar-refractivity contribution in [2.24, 2.45) is 0 Å². The lowest BCUT2D eigenvalue weighted by molar-refractivity contribution is -0.190. The molecule has 27 heavy (non-hydrogen) atoms. The third kappa shape index (κ3) is 4.86. The van der Waals surface area contributed by atoms with Gasteiger partial charge in [0.1, 0.15) is 18.3 Å². The highest BCUT2D eigenvalue weighted by atomic mass is 16.8. The highest BCUT2D eigenvalue weighted by Crippen LogP contribution is 2.36. The van der Waals surface area contributed by atoms with Gasteiger partial charge in [0.2, 0.25) is 0 Å². The maximum absolute atomic E-state index is 12.3. The molecule has 0 aromatic heterocycles. The predicted molar refractivity (Wildman–Crippen MR) is 95.8 cm³/mol. The first kappa shape index (κ1) is 20.2. The van der Waals surface area contributed by atoms with Gasteiger partial charge in [-0.25, -0.2) is 4.79 Å². The van der Waals surface area contributed by atoms with Gasteiger partial charge in [0.25, 0.3) is 0 Å². The summed E-state index contributed by atoms with van der Waals surface area (Å²) in [4.78, 5) is 12.3. The molecule has 1 aromatic rings. The summed E-state index contributed by atoms with van der Waals surface area (Å²) in [7, 11) is 1.33. The zero-order chi connectivity index (χ0) is 19.7. The molecule has 0 spiro atoms. The molecule has 0 saturated carbocycles. The Balaban J connectivity index is 1.82. The molecule has 0 aliphatic carbocycles. The number of benzene rings is 1. The van der Waals surface area contributed by atoms with E-state index in [4.69, 9.17) is 28.4 Å². The van der Waals surface area contributed by atoms with Crippen LogP contribution in [0.15, 0.2) is 30.3 Å². The highest BCUT2D eigenvalue weighted by molar-refractivity contribution is 5.75. The van der Waals surface area contributed by atoms with Crippen LogP contribution in [0.1, 0.15) is 33.3 Å². The van der Waals surface area contributed by atoms with Gasteiger partial charge in [0, 0.05) is 0 Å². The van der Waals surface area contributed by atoms with Crippen molar-refractivity contribution < 1.29 is 33.2 Å². The van der Waals surface area contributed by atoms with Crippen LogP contribution >= 0.6 is 0 Å². The number of carbonyl (C=O) groups excluding carboxylic acids is 1. The molecule has 2 saturated heterocycles. The quantitative estimate of drug-likeness (QED) is 0.702. The summed E-state index contributed by atoms with van der Waals surface area (Å²) in [5.41, 5.74) is 1.01. The molecular weight excluding hydrogens is 352 g/mol. The van der Waals surface area contributed by atoms with Gasteiger partial charge in [-0.2, -0.15) is 0 Å². The molecule has 0 unspecified atom stereocenters. The van der Waals surface area contributed by atoms with Gasteiger partial charge in [0.15, 0.2) is 17.7 Å². The third-order valence-electron chi connectivity index (χ3n) is 4.57. The van der Waals surface area contributed by atoms with Crippen LogP contribution in [-0.4, -0.2) is 55.7 Å². The summed E-state index contributed by atoms with van der Waals surface area (Å²) in [6.07, 6.45) is -2.56. The minimum absolute atomic E-state index is 0.334. The topological polar surface area (TPSA) is 72.5 Å². The van der Waals surface area contributed by atoms with E-state index in [-0.39, 0.29) is 0 Å². The lowest BCUT2D eigenvalue weighted by atomic mass is 10.0. The summed E-state index contributed by atoms with van der Waals surface area (Å²) >= 11 is 0. The van der Waals surface area contributed by atoms with Crippen molar-refractivity contribution in [2.75, 3.05) is 13.7 Å². The van der Waals surface area contributed by atoms with E-state index in [2.05, 4.69) is 0 Å². The van der Waals surface area contributed by atoms with Crippen LogP contribution in [0.3, 0.4) is 0 Å². The Bertz CT molecular complexity index is 643. The average molecular weight is 380 g/mol. The van der Waals surface area contributed by atoms with Crippen LogP contribution in [0.4, 0.5) is 0 Å². The number of esters is 1. The Hall–Kier alpha value is -1.51. The fourth-order valence-corrected chi connectivity index (χ4v) is 3.39. The fraction of sp³-hybridized carbons (Fsp3) is 0.650. The second-order valence-electron chi connectivity index (χ2n) is 7.67. The standard InChI is InChI=1S/C20H28O7/c1-19(2)24-12-14(25-19)15(23-11-13-9-7-6-8-10-13)16-17(18(21)22-5)27-20(3,4)26-16/h6-10,14-17H,11-12H2,1-5H3/t14-,15-,16+,17-/m0/s1. The normalized spacial score (nSPS) is 30.2. The van der Waals surface area contributed by atoms with E-state index in [0.717, 1.165) is 5.56 Å². The van der Waals surface area contributed by atoms with Gasteiger partial charge in [-0.05, 0) is 33.3 Å². The summed E-state index contributed by atoms with van der Waals surface area (Å²) in [5.74, 6) is -2.17. The molecule has 0 bridgehead atoms. The maximum Gasteiger partial charge on any atom is 0.337 e. The average Bonchev–Trinajstić information content (AvgIpc) is 3.14. The van der Waals surface area contributed by atoms with Gasteiger partial charge in [-0.15, -0.1) is 0 Å². The third-order valence-corrected chi connectivity index (χ3v) is 4.57. The second kappa shape index (κ2) is 7.85. The molecule has 0 N–H and O–H groups in total. The Kier molecular flexibility index (Phi) is 5.88. The lowest BCUT2D eigenvalue weighted by Crippen LogP contribution is -2.49. The monoisotopic (exact) mass is 380 g/mol. The summed E-state index contributed by atoms with van der Waals surface area (Å²) in [6.45, 7) is 7.88. The molecule has 2 aliphatic heterocycles. The summed E-state index contributed by atoms with van der Waals surface area (Å²) in [6, 6.07) is 9.78. The van der Waals surface area contributed by atoms with Gasteiger partial charge in [-0.1, -0.05) is 30.3 Å². The Morgan fingerprint density at radius 2 is 1.81 bits per heavy atom. The first-order chi connectivity index (χ1) is 12.7. The van der Waals surface area contributed by atoms with Crippen molar-refractivity contribution in [3.63, 3.8) is 0 Å². The first-order valence-electron chi connectivity index (χ1n) is 9.11. The number of methoxy groups -OCH3 is 1.